The molecule has 6 nitrogen and oxygen atoms in total. The van der Waals surface area contributed by atoms with E-state index in [-0.39, 0.29) is 17.7 Å². The molecule has 28 heavy (non-hydrogen) atoms. The van der Waals surface area contributed by atoms with Gasteiger partial charge in [0.15, 0.2) is 0 Å². The predicted molar refractivity (Wildman–Crippen MR) is 109 cm³/mol. The van der Waals surface area contributed by atoms with E-state index in [4.69, 9.17) is 0 Å². The molecule has 2 saturated heterocycles. The van der Waals surface area contributed by atoms with Crippen molar-refractivity contribution in [2.45, 2.75) is 19.8 Å². The largest absolute Gasteiger partial charge is 0.368 e. The highest BCUT2D eigenvalue weighted by atomic mass is 16.2. The van der Waals surface area contributed by atoms with Gasteiger partial charge in [0.25, 0.3) is 0 Å². The van der Waals surface area contributed by atoms with E-state index in [9.17, 15) is 9.59 Å². The van der Waals surface area contributed by atoms with Gasteiger partial charge in [0.05, 0.1) is 5.92 Å². The van der Waals surface area contributed by atoms with Crippen molar-refractivity contribution in [3.05, 3.63) is 54.4 Å². The summed E-state index contributed by atoms with van der Waals surface area (Å²) >= 11 is 0. The quantitative estimate of drug-likeness (QED) is 0.820. The van der Waals surface area contributed by atoms with Gasteiger partial charge in [0.1, 0.15) is 0 Å². The Kier molecular flexibility index (Phi) is 5.28. The first-order valence-corrected chi connectivity index (χ1v) is 9.98. The lowest BCUT2D eigenvalue weighted by atomic mass is 10.1. The van der Waals surface area contributed by atoms with E-state index in [1.165, 1.54) is 5.56 Å². The van der Waals surface area contributed by atoms with Crippen molar-refractivity contribution < 1.29 is 9.59 Å². The highest BCUT2D eigenvalue weighted by Crippen LogP contribution is 2.27. The number of pyridine rings is 1. The topological polar surface area (TPSA) is 56.8 Å². The summed E-state index contributed by atoms with van der Waals surface area (Å²) in [5.41, 5.74) is 3.27. The van der Waals surface area contributed by atoms with Crippen molar-refractivity contribution in [3.63, 3.8) is 0 Å². The van der Waals surface area contributed by atoms with Crippen LogP contribution in [-0.2, 0) is 16.0 Å². The number of aryl methyl sites for hydroxylation is 1. The summed E-state index contributed by atoms with van der Waals surface area (Å²) in [6.07, 6.45) is 4.86. The molecule has 1 atom stereocenters. The van der Waals surface area contributed by atoms with Gasteiger partial charge in [-0.2, -0.15) is 0 Å². The number of amides is 2. The van der Waals surface area contributed by atoms with Crippen LogP contribution in [0.1, 0.15) is 18.9 Å². The molecular formula is C22H26N4O2. The zero-order valence-corrected chi connectivity index (χ0v) is 16.3. The Morgan fingerprint density at radius 2 is 1.68 bits per heavy atom. The third-order valence-electron chi connectivity index (χ3n) is 5.75. The molecule has 0 N–H and O–H groups in total. The lowest BCUT2D eigenvalue weighted by molar-refractivity contribution is -0.136. The molecule has 2 amide bonds. The number of carbonyl (C=O) groups is 2. The van der Waals surface area contributed by atoms with Crippen LogP contribution < -0.4 is 9.80 Å². The van der Waals surface area contributed by atoms with Crippen molar-refractivity contribution in [3.8, 4) is 0 Å². The Balaban J connectivity index is 1.36. The molecule has 0 radical (unpaired) electrons. The molecule has 146 valence electrons. The molecule has 0 aliphatic carbocycles. The number of benzene rings is 1. The zero-order valence-electron chi connectivity index (χ0n) is 16.3. The Morgan fingerprint density at radius 3 is 2.32 bits per heavy atom. The molecule has 2 aromatic rings. The second kappa shape index (κ2) is 8.00. The van der Waals surface area contributed by atoms with Crippen LogP contribution in [0.3, 0.4) is 0 Å². The van der Waals surface area contributed by atoms with Crippen molar-refractivity contribution in [2.24, 2.45) is 5.92 Å². The van der Waals surface area contributed by atoms with Crippen LogP contribution >= 0.6 is 0 Å². The first kappa shape index (κ1) is 18.5. The Morgan fingerprint density at radius 1 is 1.00 bits per heavy atom. The van der Waals surface area contributed by atoms with Crippen molar-refractivity contribution in [1.82, 2.24) is 9.88 Å². The van der Waals surface area contributed by atoms with Crippen LogP contribution in [0.25, 0.3) is 0 Å². The van der Waals surface area contributed by atoms with Crippen LogP contribution in [-0.4, -0.2) is 54.4 Å². The molecular weight excluding hydrogens is 352 g/mol. The van der Waals surface area contributed by atoms with Gasteiger partial charge in [0.2, 0.25) is 11.8 Å². The average Bonchev–Trinajstić information content (AvgIpc) is 3.15. The lowest BCUT2D eigenvalue weighted by Gasteiger charge is -2.37. The summed E-state index contributed by atoms with van der Waals surface area (Å²) in [6, 6.07) is 12.1. The SMILES string of the molecule is CCc1ccc(N2C[C@@H](C(=O)N3CCN(c4ccncc4)CC3)CC2=O)cc1. The molecule has 1 aromatic carbocycles. The van der Waals surface area contributed by atoms with Crippen LogP contribution in [0.2, 0.25) is 0 Å². The van der Waals surface area contributed by atoms with E-state index >= 15 is 0 Å². The highest BCUT2D eigenvalue weighted by Gasteiger charge is 2.37. The number of piperazine rings is 1. The number of anilines is 2. The van der Waals surface area contributed by atoms with Gasteiger partial charge in [-0.15, -0.1) is 0 Å². The molecule has 2 aliphatic rings. The smallest absolute Gasteiger partial charge is 0.228 e. The number of hydrogen-bond donors (Lipinski definition) is 0. The second-order valence-corrected chi connectivity index (χ2v) is 7.44. The zero-order chi connectivity index (χ0) is 19.5. The van der Waals surface area contributed by atoms with Gasteiger partial charge in [-0.25, -0.2) is 0 Å². The molecule has 2 fully saturated rings. The van der Waals surface area contributed by atoms with Crippen LogP contribution in [0.4, 0.5) is 11.4 Å². The van der Waals surface area contributed by atoms with Crippen LogP contribution in [0, 0.1) is 5.92 Å². The highest BCUT2D eigenvalue weighted by molar-refractivity contribution is 6.00. The van der Waals surface area contributed by atoms with Gasteiger partial charge < -0.3 is 14.7 Å². The third-order valence-corrected chi connectivity index (χ3v) is 5.75. The van der Waals surface area contributed by atoms with Gasteiger partial charge in [-0.3, -0.25) is 14.6 Å². The van der Waals surface area contributed by atoms with Crippen LogP contribution in [0.5, 0.6) is 0 Å². The molecule has 0 saturated carbocycles. The third kappa shape index (κ3) is 3.72. The fourth-order valence-electron chi connectivity index (χ4n) is 4.03. The molecule has 2 aliphatic heterocycles. The maximum atomic E-state index is 13.0. The maximum Gasteiger partial charge on any atom is 0.228 e. The second-order valence-electron chi connectivity index (χ2n) is 7.44. The summed E-state index contributed by atoms with van der Waals surface area (Å²) < 4.78 is 0. The molecule has 0 unspecified atom stereocenters. The van der Waals surface area contributed by atoms with E-state index in [2.05, 4.69) is 28.9 Å². The standard InChI is InChI=1S/C22H26N4O2/c1-2-17-3-5-20(6-4-17)26-16-18(15-21(26)27)22(28)25-13-11-24(12-14-25)19-7-9-23-10-8-19/h3-10,18H,2,11-16H2,1H3/t18-/m0/s1. The Hall–Kier alpha value is -2.89. The first-order valence-electron chi connectivity index (χ1n) is 9.98. The minimum Gasteiger partial charge on any atom is -0.368 e. The van der Waals surface area contributed by atoms with E-state index in [0.29, 0.717) is 26.1 Å². The number of nitrogens with zero attached hydrogens (tertiary/aromatic N) is 4. The van der Waals surface area contributed by atoms with Gasteiger partial charge in [0, 0.05) is 62.9 Å². The lowest BCUT2D eigenvalue weighted by Crippen LogP contribution is -2.50. The fraction of sp³-hybridized carbons (Fsp3) is 0.409. The number of hydrogen-bond acceptors (Lipinski definition) is 4. The van der Waals surface area contributed by atoms with Gasteiger partial charge in [-0.05, 0) is 36.2 Å². The van der Waals surface area contributed by atoms with Gasteiger partial charge >= 0.3 is 0 Å². The summed E-state index contributed by atoms with van der Waals surface area (Å²) in [4.78, 5) is 35.5. The number of aromatic nitrogens is 1. The molecule has 0 spiro atoms. The van der Waals surface area contributed by atoms with Gasteiger partial charge in [-0.1, -0.05) is 19.1 Å². The van der Waals surface area contributed by atoms with E-state index in [1.54, 1.807) is 17.3 Å². The monoisotopic (exact) mass is 378 g/mol. The normalized spacial score (nSPS) is 20.0. The molecule has 3 heterocycles. The molecule has 0 bridgehead atoms. The summed E-state index contributed by atoms with van der Waals surface area (Å²) in [5, 5.41) is 0. The number of rotatable bonds is 4. The maximum absolute atomic E-state index is 13.0. The predicted octanol–water partition coefficient (Wildman–Crippen LogP) is 2.35. The van der Waals surface area contributed by atoms with E-state index in [1.807, 2.05) is 29.2 Å². The minimum atomic E-state index is -0.245. The van der Waals surface area contributed by atoms with Crippen LogP contribution in [0.15, 0.2) is 48.8 Å². The van der Waals surface area contributed by atoms with Crippen molar-refractivity contribution >= 4 is 23.2 Å². The summed E-state index contributed by atoms with van der Waals surface area (Å²) in [7, 11) is 0. The first-order chi connectivity index (χ1) is 13.7. The average molecular weight is 378 g/mol. The molecule has 6 heteroatoms. The Bertz CT molecular complexity index is 829. The summed E-state index contributed by atoms with van der Waals surface area (Å²) in [6.45, 7) is 5.58. The van der Waals surface area contributed by atoms with Crippen molar-refractivity contribution in [2.75, 3.05) is 42.5 Å². The minimum absolute atomic E-state index is 0.0398. The Labute approximate surface area is 165 Å². The molecule has 1 aromatic heterocycles. The van der Waals surface area contributed by atoms with E-state index in [0.717, 1.165) is 30.9 Å². The molecule has 4 rings (SSSR count). The number of carbonyl (C=O) groups excluding carboxylic acids is 2. The summed E-state index contributed by atoms with van der Waals surface area (Å²) in [5.74, 6) is -0.0979. The fourth-order valence-corrected chi connectivity index (χ4v) is 4.03. The van der Waals surface area contributed by atoms with Crippen molar-refractivity contribution in [1.29, 1.82) is 0 Å². The van der Waals surface area contributed by atoms with E-state index < -0.39 is 0 Å².